The molecule has 0 unspecified atom stereocenters. The largest absolute Gasteiger partial charge is 0.396 e. The van der Waals surface area contributed by atoms with E-state index in [1.165, 1.54) is 17.6 Å². The van der Waals surface area contributed by atoms with E-state index in [0.29, 0.717) is 5.56 Å². The molecule has 8 nitrogen and oxygen atoms in total. The second-order valence-electron chi connectivity index (χ2n) is 6.91. The Bertz CT molecular complexity index is 807. The van der Waals surface area contributed by atoms with Crippen molar-refractivity contribution >= 4 is 11.8 Å². The van der Waals surface area contributed by atoms with Gasteiger partial charge in [-0.2, -0.15) is 0 Å². The second-order valence-corrected chi connectivity index (χ2v) is 6.91. The Labute approximate surface area is 164 Å². The molecule has 150 valence electrons. The van der Waals surface area contributed by atoms with Gasteiger partial charge in [0, 0.05) is 29.2 Å². The summed E-state index contributed by atoms with van der Waals surface area (Å²) in [6.45, 7) is 4.59. The van der Waals surface area contributed by atoms with E-state index in [4.69, 9.17) is 16.0 Å². The smallest absolute Gasteiger partial charge is 0.267 e. The summed E-state index contributed by atoms with van der Waals surface area (Å²) < 4.78 is 0. The highest BCUT2D eigenvalue weighted by Crippen LogP contribution is 2.09. The monoisotopic (exact) mass is 387 g/mol. The normalized spacial score (nSPS) is 13.7. The zero-order chi connectivity index (χ0) is 21.3. The number of hydroxylamine groups is 1. The van der Waals surface area contributed by atoms with Crippen LogP contribution in [0.3, 0.4) is 0 Å². The molecule has 0 radical (unpaired) electrons. The maximum atomic E-state index is 12.3. The first-order valence-electron chi connectivity index (χ1n) is 8.54. The summed E-state index contributed by atoms with van der Waals surface area (Å²) in [6, 6.07) is 5.11. The molecule has 1 aromatic carbocycles. The number of hydrogen-bond donors (Lipinski definition) is 6. The van der Waals surface area contributed by atoms with E-state index in [9.17, 15) is 14.7 Å². The zero-order valence-corrected chi connectivity index (χ0v) is 16.0. The molecule has 28 heavy (non-hydrogen) atoms. The minimum absolute atomic E-state index is 0.172. The summed E-state index contributed by atoms with van der Waals surface area (Å²) in [7, 11) is 0. The van der Waals surface area contributed by atoms with Gasteiger partial charge in [0.15, 0.2) is 0 Å². The number of rotatable bonds is 6. The van der Waals surface area contributed by atoms with E-state index < -0.39 is 29.5 Å². The van der Waals surface area contributed by atoms with Gasteiger partial charge >= 0.3 is 0 Å². The molecule has 0 spiro atoms. The Morgan fingerprint density at radius 3 is 2.32 bits per heavy atom. The van der Waals surface area contributed by atoms with Crippen molar-refractivity contribution in [3.63, 3.8) is 0 Å². The van der Waals surface area contributed by atoms with Gasteiger partial charge in [0.1, 0.15) is 12.1 Å². The van der Waals surface area contributed by atoms with Crippen LogP contribution in [0, 0.1) is 29.6 Å². The maximum absolute atomic E-state index is 12.3. The number of nitrogens with one attached hydrogen (secondary N) is 2. The number of hydrogen-bond acceptors (Lipinski definition) is 6. The fraction of sp³-hybridized carbons (Fsp3) is 0.400. The first-order chi connectivity index (χ1) is 13.1. The van der Waals surface area contributed by atoms with Gasteiger partial charge in [-0.1, -0.05) is 18.8 Å². The van der Waals surface area contributed by atoms with Crippen LogP contribution in [0.2, 0.25) is 0 Å². The summed E-state index contributed by atoms with van der Waals surface area (Å²) in [4.78, 5) is 24.0. The average Bonchev–Trinajstić information content (AvgIpc) is 2.67. The van der Waals surface area contributed by atoms with Crippen LogP contribution in [0.15, 0.2) is 24.3 Å². The summed E-state index contributed by atoms with van der Waals surface area (Å²) >= 11 is 0. The molecule has 7 N–H and O–H groups in total. The Morgan fingerprint density at radius 1 is 1.21 bits per heavy atom. The quantitative estimate of drug-likeness (QED) is 0.218. The van der Waals surface area contributed by atoms with E-state index >= 15 is 0 Å². The van der Waals surface area contributed by atoms with E-state index in [-0.39, 0.29) is 18.1 Å². The van der Waals surface area contributed by atoms with E-state index in [2.05, 4.69) is 29.0 Å². The zero-order valence-electron chi connectivity index (χ0n) is 16.0. The molecule has 3 atom stereocenters. The minimum atomic E-state index is -1.13. The third-order valence-corrected chi connectivity index (χ3v) is 3.86. The van der Waals surface area contributed by atoms with Crippen molar-refractivity contribution < 1.29 is 25.0 Å². The van der Waals surface area contributed by atoms with E-state index in [0.717, 1.165) is 0 Å². The molecule has 0 fully saturated rings. The van der Waals surface area contributed by atoms with Gasteiger partial charge in [-0.05, 0) is 50.0 Å². The molecule has 0 aromatic heterocycles. The third kappa shape index (κ3) is 7.03. The van der Waals surface area contributed by atoms with Crippen LogP contribution < -0.4 is 16.5 Å². The van der Waals surface area contributed by atoms with Crippen LogP contribution in [-0.4, -0.2) is 51.5 Å². The van der Waals surface area contributed by atoms with Gasteiger partial charge in [0.05, 0.1) is 0 Å². The molecule has 1 aromatic rings. The number of nitrogens with two attached hydrogens (primary N) is 1. The lowest BCUT2D eigenvalue weighted by atomic mass is 9.95. The van der Waals surface area contributed by atoms with Crippen LogP contribution >= 0.6 is 0 Å². The first kappa shape index (κ1) is 23.2. The molecule has 0 saturated heterocycles. The summed E-state index contributed by atoms with van der Waals surface area (Å²) in [5.41, 5.74) is 7.15. The predicted molar refractivity (Wildman–Crippen MR) is 103 cm³/mol. The topological polar surface area (TPSA) is 145 Å². The lowest BCUT2D eigenvalue weighted by molar-refractivity contribution is -0.132. The van der Waals surface area contributed by atoms with Crippen molar-refractivity contribution in [1.29, 1.82) is 0 Å². The highest BCUT2D eigenvalue weighted by molar-refractivity contribution is 5.97. The number of amides is 2. The first-order valence-corrected chi connectivity index (χ1v) is 8.54. The van der Waals surface area contributed by atoms with Gasteiger partial charge in [-0.25, -0.2) is 5.48 Å². The Balaban J connectivity index is 2.83. The van der Waals surface area contributed by atoms with Crippen molar-refractivity contribution in [2.75, 3.05) is 6.61 Å². The number of aliphatic hydroxyl groups is 2. The van der Waals surface area contributed by atoms with Gasteiger partial charge < -0.3 is 21.3 Å². The molecular weight excluding hydrogens is 362 g/mol. The SMILES string of the molecule is C[C@@H](CO)[C@H](O)C#CC#Cc1ccc(C(=O)N[C@H](C(=O)NO)C(C)(C)N)cc1. The summed E-state index contributed by atoms with van der Waals surface area (Å²) in [6.07, 6.45) is -0.957. The number of carbonyl (C=O) groups excluding carboxylic acids is 2. The standard InChI is InChI=1S/C20H25N3O5/c1-13(12-24)16(25)7-5-4-6-14-8-10-15(11-9-14)18(26)22-17(19(27)23-28)20(2,3)21/h8-11,13,16-17,24-25,28H,12,21H2,1-3H3,(H,22,26)(H,23,27)/t13-,16+,17+/m0/s1. The van der Waals surface area contributed by atoms with Crippen molar-refractivity contribution in [3.05, 3.63) is 35.4 Å². The molecule has 2 amide bonds. The molecule has 0 aliphatic rings. The van der Waals surface area contributed by atoms with Crippen LogP contribution in [0.1, 0.15) is 36.7 Å². The van der Waals surface area contributed by atoms with Crippen molar-refractivity contribution in [2.45, 2.75) is 38.5 Å². The van der Waals surface area contributed by atoms with Gasteiger partial charge in [0.25, 0.3) is 11.8 Å². The average molecular weight is 387 g/mol. The minimum Gasteiger partial charge on any atom is -0.396 e. The van der Waals surface area contributed by atoms with Gasteiger partial charge in [-0.15, -0.1) is 0 Å². The van der Waals surface area contributed by atoms with Gasteiger partial charge in [-0.3, -0.25) is 14.8 Å². The molecule has 1 rings (SSSR count). The van der Waals surface area contributed by atoms with E-state index in [1.54, 1.807) is 32.9 Å². The number of benzene rings is 1. The Morgan fingerprint density at radius 2 is 1.82 bits per heavy atom. The Hall–Kier alpha value is -2.88. The van der Waals surface area contributed by atoms with Crippen molar-refractivity contribution in [1.82, 2.24) is 10.8 Å². The summed E-state index contributed by atoms with van der Waals surface area (Å²) in [5.74, 6) is 8.68. The molecule has 0 bridgehead atoms. The molecule has 0 aliphatic carbocycles. The highest BCUT2D eigenvalue weighted by Gasteiger charge is 2.33. The summed E-state index contributed by atoms with van der Waals surface area (Å²) in [5, 5.41) is 29.8. The lowest BCUT2D eigenvalue weighted by Gasteiger charge is -2.29. The van der Waals surface area contributed by atoms with Crippen molar-refractivity contribution in [2.24, 2.45) is 11.7 Å². The molecule has 0 heterocycles. The number of carbonyl (C=O) groups is 2. The molecular formula is C20H25N3O5. The number of aliphatic hydroxyl groups excluding tert-OH is 2. The fourth-order valence-electron chi connectivity index (χ4n) is 2.03. The second kappa shape index (κ2) is 10.5. The molecule has 8 heteroatoms. The lowest BCUT2D eigenvalue weighted by Crippen LogP contribution is -2.61. The molecule has 0 aliphatic heterocycles. The fourth-order valence-corrected chi connectivity index (χ4v) is 2.03. The van der Waals surface area contributed by atoms with Gasteiger partial charge in [0.2, 0.25) is 0 Å². The molecule has 0 saturated carbocycles. The highest BCUT2D eigenvalue weighted by atomic mass is 16.5. The van der Waals surface area contributed by atoms with Crippen LogP contribution in [0.25, 0.3) is 0 Å². The Kier molecular flexibility index (Phi) is 8.65. The van der Waals surface area contributed by atoms with Crippen LogP contribution in [-0.2, 0) is 4.79 Å². The third-order valence-electron chi connectivity index (χ3n) is 3.86. The predicted octanol–water partition coefficient (Wildman–Crippen LogP) is -0.628. The maximum Gasteiger partial charge on any atom is 0.267 e. The van der Waals surface area contributed by atoms with E-state index in [1.807, 2.05) is 0 Å². The van der Waals surface area contributed by atoms with Crippen LogP contribution in [0.5, 0.6) is 0 Å². The van der Waals surface area contributed by atoms with Crippen molar-refractivity contribution in [3.8, 4) is 23.7 Å². The van der Waals surface area contributed by atoms with Crippen LogP contribution in [0.4, 0.5) is 0 Å².